The summed E-state index contributed by atoms with van der Waals surface area (Å²) in [7, 11) is 1.87. The molecule has 1 saturated carbocycles. The first-order valence-corrected chi connectivity index (χ1v) is 8.51. The number of aliphatic hydroxyl groups is 1. The van der Waals surface area contributed by atoms with Crippen molar-refractivity contribution in [2.45, 2.75) is 24.9 Å². The number of nitrogens with zero attached hydrogens (tertiary/aromatic N) is 3. The second-order valence-electron chi connectivity index (χ2n) is 6.77. The summed E-state index contributed by atoms with van der Waals surface area (Å²) >= 11 is 0. The van der Waals surface area contributed by atoms with Crippen molar-refractivity contribution >= 4 is 16.9 Å². The Balaban J connectivity index is 1.41. The van der Waals surface area contributed by atoms with E-state index in [2.05, 4.69) is 15.5 Å². The van der Waals surface area contributed by atoms with Crippen LogP contribution < -0.4 is 5.32 Å². The average molecular weight is 358 g/mol. The first-order chi connectivity index (χ1) is 12.5. The molecule has 3 aromatic rings. The number of carbonyl (C=O) groups excluding carboxylic acids is 1. The molecular weight excluding hydrogens is 339 g/mol. The molecule has 26 heavy (non-hydrogen) atoms. The fourth-order valence-electron chi connectivity index (χ4n) is 3.64. The number of nitrogens with one attached hydrogen (secondary N) is 1. The van der Waals surface area contributed by atoms with Gasteiger partial charge >= 0.3 is 0 Å². The van der Waals surface area contributed by atoms with Crippen molar-refractivity contribution in [1.82, 2.24) is 20.1 Å². The average Bonchev–Trinajstić information content (AvgIpc) is 3.31. The molecule has 2 aromatic heterocycles. The lowest BCUT2D eigenvalue weighted by Crippen LogP contribution is -2.32. The monoisotopic (exact) mass is 358 g/mol. The van der Waals surface area contributed by atoms with Crippen molar-refractivity contribution in [3.8, 4) is 0 Å². The summed E-state index contributed by atoms with van der Waals surface area (Å²) < 4.78 is 20.9. The van der Waals surface area contributed by atoms with Crippen LogP contribution in [0.15, 0.2) is 35.0 Å². The van der Waals surface area contributed by atoms with E-state index in [1.165, 1.54) is 12.1 Å². The number of aromatic nitrogens is 3. The first-order valence-electron chi connectivity index (χ1n) is 8.51. The maximum atomic E-state index is 13.7. The minimum Gasteiger partial charge on any atom is -0.448 e. The highest BCUT2D eigenvalue weighted by atomic mass is 19.1. The molecule has 4 rings (SSSR count). The molecule has 3 atom stereocenters. The molecule has 1 fully saturated rings. The van der Waals surface area contributed by atoms with Gasteiger partial charge in [-0.15, -0.1) is 10.2 Å². The minimum atomic E-state index is -0.523. The number of aliphatic hydroxyl groups excluding tert-OH is 1. The van der Waals surface area contributed by atoms with E-state index < -0.39 is 17.8 Å². The van der Waals surface area contributed by atoms with Crippen LogP contribution in [0.2, 0.25) is 0 Å². The van der Waals surface area contributed by atoms with Crippen LogP contribution in [0.3, 0.4) is 0 Å². The van der Waals surface area contributed by atoms with Gasteiger partial charge in [-0.2, -0.15) is 0 Å². The Morgan fingerprint density at radius 3 is 3.04 bits per heavy atom. The third-order valence-electron chi connectivity index (χ3n) is 5.01. The van der Waals surface area contributed by atoms with Gasteiger partial charge < -0.3 is 19.4 Å². The van der Waals surface area contributed by atoms with Crippen LogP contribution in [0.5, 0.6) is 0 Å². The maximum Gasteiger partial charge on any atom is 0.287 e. The highest BCUT2D eigenvalue weighted by Crippen LogP contribution is 2.37. The van der Waals surface area contributed by atoms with E-state index in [1.807, 2.05) is 11.6 Å². The number of rotatable bonds is 4. The number of halogens is 1. The number of aryl methyl sites for hydroxylation is 1. The summed E-state index contributed by atoms with van der Waals surface area (Å²) in [5, 5.41) is 21.6. The summed E-state index contributed by atoms with van der Waals surface area (Å²) in [5.41, 5.74) is 0.0703. The maximum absolute atomic E-state index is 13.7. The Hall–Kier alpha value is -2.74. The number of furan rings is 1. The van der Waals surface area contributed by atoms with Gasteiger partial charge in [-0.3, -0.25) is 4.79 Å². The van der Waals surface area contributed by atoms with Gasteiger partial charge in [0, 0.05) is 30.8 Å². The molecule has 1 amide bonds. The molecule has 136 valence electrons. The Kier molecular flexibility index (Phi) is 4.20. The van der Waals surface area contributed by atoms with E-state index in [9.17, 15) is 14.3 Å². The number of amides is 1. The van der Waals surface area contributed by atoms with Gasteiger partial charge in [0.25, 0.3) is 5.91 Å². The van der Waals surface area contributed by atoms with Crippen LogP contribution in [0, 0.1) is 11.7 Å². The van der Waals surface area contributed by atoms with Gasteiger partial charge in [-0.25, -0.2) is 4.39 Å². The molecular formula is C18H19FN4O3. The number of fused-ring (bicyclic) bond motifs is 1. The fourth-order valence-corrected chi connectivity index (χ4v) is 3.64. The predicted octanol–water partition coefficient (Wildman–Crippen LogP) is 1.98. The second kappa shape index (κ2) is 6.53. The summed E-state index contributed by atoms with van der Waals surface area (Å²) in [6.45, 7) is 0.313. The fraction of sp³-hybridized carbons (Fsp3) is 0.389. The van der Waals surface area contributed by atoms with Gasteiger partial charge in [0.15, 0.2) is 17.2 Å². The molecule has 8 heteroatoms. The first kappa shape index (κ1) is 16.7. The quantitative estimate of drug-likeness (QED) is 0.744. The van der Waals surface area contributed by atoms with Crippen LogP contribution in [0.1, 0.15) is 35.1 Å². The molecule has 0 radical (unpaired) electrons. The lowest BCUT2D eigenvalue weighted by atomic mass is 10.0. The van der Waals surface area contributed by atoms with E-state index >= 15 is 0 Å². The Labute approximate surface area is 148 Å². The van der Waals surface area contributed by atoms with E-state index in [1.54, 1.807) is 18.5 Å². The number of para-hydroxylation sites is 1. The Bertz CT molecular complexity index is 951. The molecule has 0 aliphatic heterocycles. The number of carbonyl (C=O) groups is 1. The zero-order valence-electron chi connectivity index (χ0n) is 14.2. The van der Waals surface area contributed by atoms with Crippen LogP contribution >= 0.6 is 0 Å². The lowest BCUT2D eigenvalue weighted by Gasteiger charge is -2.14. The van der Waals surface area contributed by atoms with Crippen LogP contribution in [-0.4, -0.2) is 38.4 Å². The van der Waals surface area contributed by atoms with Crippen molar-refractivity contribution in [2.75, 3.05) is 6.54 Å². The van der Waals surface area contributed by atoms with Gasteiger partial charge in [0.2, 0.25) is 0 Å². The zero-order valence-corrected chi connectivity index (χ0v) is 14.2. The molecule has 0 bridgehead atoms. The van der Waals surface area contributed by atoms with E-state index in [-0.39, 0.29) is 23.2 Å². The normalized spacial score (nSPS) is 22.8. The van der Waals surface area contributed by atoms with Gasteiger partial charge in [0.05, 0.1) is 6.10 Å². The molecule has 2 heterocycles. The van der Waals surface area contributed by atoms with Gasteiger partial charge in [-0.05, 0) is 25.0 Å². The molecule has 0 spiro atoms. The van der Waals surface area contributed by atoms with Crippen molar-refractivity contribution < 1.29 is 18.7 Å². The van der Waals surface area contributed by atoms with Gasteiger partial charge in [0.1, 0.15) is 12.2 Å². The molecule has 1 aliphatic rings. The van der Waals surface area contributed by atoms with Crippen LogP contribution in [0.4, 0.5) is 4.39 Å². The summed E-state index contributed by atoms with van der Waals surface area (Å²) in [4.78, 5) is 12.3. The third-order valence-corrected chi connectivity index (χ3v) is 5.01. The topological polar surface area (TPSA) is 93.2 Å². The number of hydrogen-bond donors (Lipinski definition) is 2. The smallest absolute Gasteiger partial charge is 0.287 e. The minimum absolute atomic E-state index is 0.0578. The van der Waals surface area contributed by atoms with E-state index in [0.29, 0.717) is 24.8 Å². The second-order valence-corrected chi connectivity index (χ2v) is 6.77. The molecule has 0 saturated heterocycles. The van der Waals surface area contributed by atoms with E-state index in [0.717, 1.165) is 5.82 Å². The summed E-state index contributed by atoms with van der Waals surface area (Å²) in [5.74, 6) is 0.00345. The van der Waals surface area contributed by atoms with Crippen molar-refractivity contribution in [3.05, 3.63) is 48.0 Å². The van der Waals surface area contributed by atoms with Crippen molar-refractivity contribution in [1.29, 1.82) is 0 Å². The molecule has 1 aliphatic carbocycles. The molecule has 7 nitrogen and oxygen atoms in total. The highest BCUT2D eigenvalue weighted by molar-refractivity contribution is 5.96. The van der Waals surface area contributed by atoms with E-state index in [4.69, 9.17) is 4.42 Å². The third kappa shape index (κ3) is 2.96. The summed E-state index contributed by atoms with van der Waals surface area (Å²) in [6, 6.07) is 6.05. The van der Waals surface area contributed by atoms with Crippen molar-refractivity contribution in [3.63, 3.8) is 0 Å². The largest absolute Gasteiger partial charge is 0.448 e. The number of benzene rings is 1. The lowest BCUT2D eigenvalue weighted by molar-refractivity contribution is 0.0892. The predicted molar refractivity (Wildman–Crippen MR) is 91.0 cm³/mol. The van der Waals surface area contributed by atoms with Crippen LogP contribution in [-0.2, 0) is 7.05 Å². The Morgan fingerprint density at radius 2 is 2.31 bits per heavy atom. The molecule has 0 unspecified atom stereocenters. The number of hydrogen-bond acceptors (Lipinski definition) is 5. The molecule has 2 N–H and O–H groups in total. The van der Waals surface area contributed by atoms with Crippen molar-refractivity contribution in [2.24, 2.45) is 13.0 Å². The van der Waals surface area contributed by atoms with Gasteiger partial charge in [-0.1, -0.05) is 12.1 Å². The SMILES string of the molecule is Cn1cnnc1[C@H]1C[C@H](CNC(=O)c2cc3cccc(F)c3o2)[C@H](O)C1. The Morgan fingerprint density at radius 1 is 1.46 bits per heavy atom. The molecule has 1 aromatic carbocycles. The summed E-state index contributed by atoms with van der Waals surface area (Å²) in [6.07, 6.45) is 2.41. The standard InChI is InChI=1S/C18H19FN4O3/c1-23-9-21-22-17(23)11-5-12(14(24)6-11)8-20-18(25)15-7-10-3-2-4-13(19)16(10)26-15/h2-4,7,9,11-12,14,24H,5-6,8H2,1H3,(H,20,25)/t11-,12+,14+/m0/s1. The van der Waals surface area contributed by atoms with Crippen LogP contribution in [0.25, 0.3) is 11.0 Å². The zero-order chi connectivity index (χ0) is 18.3. The highest BCUT2D eigenvalue weighted by Gasteiger charge is 2.36.